The third kappa shape index (κ3) is 2.49. The normalized spacial score (nSPS) is 10.7. The average molecular weight is 268 g/mol. The Bertz CT molecular complexity index is 753. The molecule has 0 aliphatic rings. The molecule has 0 heterocycles. The van der Waals surface area contributed by atoms with Crippen molar-refractivity contribution >= 4 is 10.8 Å². The van der Waals surface area contributed by atoms with Crippen molar-refractivity contribution in [1.82, 2.24) is 0 Å². The lowest BCUT2D eigenvalue weighted by Gasteiger charge is -2.08. The SMILES string of the molecule is OCc1ccc(Oc2ccc3ccccc3c2)c(F)c1. The number of hydrogen-bond donors (Lipinski definition) is 1. The third-order valence-corrected chi connectivity index (χ3v) is 3.13. The van der Waals surface area contributed by atoms with Gasteiger partial charge in [0.25, 0.3) is 0 Å². The van der Waals surface area contributed by atoms with Gasteiger partial charge in [0.1, 0.15) is 5.75 Å². The molecule has 0 radical (unpaired) electrons. The van der Waals surface area contributed by atoms with Crippen LogP contribution in [0.15, 0.2) is 60.7 Å². The molecule has 0 aliphatic carbocycles. The maximum atomic E-state index is 13.8. The van der Waals surface area contributed by atoms with Crippen LogP contribution < -0.4 is 4.74 Å². The molecule has 0 saturated carbocycles. The number of benzene rings is 3. The highest BCUT2D eigenvalue weighted by Gasteiger charge is 2.06. The first kappa shape index (κ1) is 12.6. The first-order valence-corrected chi connectivity index (χ1v) is 6.32. The summed E-state index contributed by atoms with van der Waals surface area (Å²) in [6.45, 7) is -0.187. The average Bonchev–Trinajstić information content (AvgIpc) is 2.49. The Balaban J connectivity index is 1.92. The second kappa shape index (κ2) is 5.31. The van der Waals surface area contributed by atoms with Gasteiger partial charge < -0.3 is 9.84 Å². The number of hydrogen-bond acceptors (Lipinski definition) is 2. The van der Waals surface area contributed by atoms with Crippen LogP contribution in [-0.4, -0.2) is 5.11 Å². The molecule has 0 amide bonds. The van der Waals surface area contributed by atoms with Gasteiger partial charge in [0.2, 0.25) is 0 Å². The van der Waals surface area contributed by atoms with Crippen LogP contribution in [-0.2, 0) is 6.61 Å². The number of ether oxygens (including phenoxy) is 1. The summed E-state index contributed by atoms with van der Waals surface area (Å²) in [6, 6.07) is 18.0. The van der Waals surface area contributed by atoms with E-state index < -0.39 is 5.82 Å². The summed E-state index contributed by atoms with van der Waals surface area (Å²) >= 11 is 0. The molecule has 0 saturated heterocycles. The molecule has 3 aromatic rings. The molecule has 0 bridgehead atoms. The van der Waals surface area contributed by atoms with Crippen LogP contribution in [0.1, 0.15) is 5.56 Å². The van der Waals surface area contributed by atoms with E-state index in [0.717, 1.165) is 10.8 Å². The predicted molar refractivity (Wildman–Crippen MR) is 76.3 cm³/mol. The van der Waals surface area contributed by atoms with Crippen molar-refractivity contribution in [3.05, 3.63) is 72.0 Å². The molecule has 20 heavy (non-hydrogen) atoms. The van der Waals surface area contributed by atoms with Crippen LogP contribution in [0.25, 0.3) is 10.8 Å². The molecule has 100 valence electrons. The minimum Gasteiger partial charge on any atom is -0.454 e. The highest BCUT2D eigenvalue weighted by atomic mass is 19.1. The Morgan fingerprint density at radius 1 is 0.900 bits per heavy atom. The standard InChI is InChI=1S/C17H13FO2/c18-16-9-12(11-19)5-8-17(16)20-15-7-6-13-3-1-2-4-14(13)10-15/h1-10,19H,11H2. The summed E-state index contributed by atoms with van der Waals surface area (Å²) in [4.78, 5) is 0. The second-order valence-electron chi connectivity index (χ2n) is 4.53. The summed E-state index contributed by atoms with van der Waals surface area (Å²) in [5.41, 5.74) is 0.522. The van der Waals surface area contributed by atoms with E-state index in [-0.39, 0.29) is 12.4 Å². The summed E-state index contributed by atoms with van der Waals surface area (Å²) in [7, 11) is 0. The Morgan fingerprint density at radius 2 is 1.70 bits per heavy atom. The van der Waals surface area contributed by atoms with E-state index in [2.05, 4.69) is 0 Å². The number of aliphatic hydroxyl groups is 1. The van der Waals surface area contributed by atoms with Gasteiger partial charge in [-0.25, -0.2) is 4.39 Å². The first-order chi connectivity index (χ1) is 9.76. The predicted octanol–water partition coefficient (Wildman–Crippen LogP) is 4.26. The molecular weight excluding hydrogens is 255 g/mol. The van der Waals surface area contributed by atoms with Crippen molar-refractivity contribution in [3.63, 3.8) is 0 Å². The molecule has 0 aliphatic heterocycles. The summed E-state index contributed by atoms with van der Waals surface area (Å²) in [5.74, 6) is 0.251. The van der Waals surface area contributed by atoms with E-state index in [1.54, 1.807) is 6.07 Å². The molecule has 1 N–H and O–H groups in total. The van der Waals surface area contributed by atoms with E-state index in [1.807, 2.05) is 42.5 Å². The number of rotatable bonds is 3. The Kier molecular flexibility index (Phi) is 3.35. The maximum Gasteiger partial charge on any atom is 0.166 e. The van der Waals surface area contributed by atoms with Crippen molar-refractivity contribution in [2.75, 3.05) is 0 Å². The Hall–Kier alpha value is -2.39. The third-order valence-electron chi connectivity index (χ3n) is 3.13. The van der Waals surface area contributed by atoms with Gasteiger partial charge in [0, 0.05) is 0 Å². The van der Waals surface area contributed by atoms with Crippen molar-refractivity contribution in [1.29, 1.82) is 0 Å². The maximum absolute atomic E-state index is 13.8. The molecular formula is C17H13FO2. The van der Waals surface area contributed by atoms with E-state index in [1.165, 1.54) is 12.1 Å². The highest BCUT2D eigenvalue weighted by Crippen LogP contribution is 2.28. The summed E-state index contributed by atoms with van der Waals surface area (Å²) < 4.78 is 19.4. The quantitative estimate of drug-likeness (QED) is 0.769. The van der Waals surface area contributed by atoms with E-state index in [0.29, 0.717) is 11.3 Å². The second-order valence-corrected chi connectivity index (χ2v) is 4.53. The van der Waals surface area contributed by atoms with E-state index in [4.69, 9.17) is 9.84 Å². The van der Waals surface area contributed by atoms with Crippen LogP contribution in [0.3, 0.4) is 0 Å². The van der Waals surface area contributed by atoms with Gasteiger partial charge in [0.05, 0.1) is 6.61 Å². The molecule has 3 aromatic carbocycles. The van der Waals surface area contributed by atoms with Crippen LogP contribution in [0.4, 0.5) is 4.39 Å². The van der Waals surface area contributed by atoms with Gasteiger partial charge in [-0.3, -0.25) is 0 Å². The Morgan fingerprint density at radius 3 is 2.45 bits per heavy atom. The van der Waals surface area contributed by atoms with Crippen molar-refractivity contribution in [2.45, 2.75) is 6.61 Å². The van der Waals surface area contributed by atoms with Gasteiger partial charge in [-0.05, 0) is 40.6 Å². The van der Waals surface area contributed by atoms with Crippen LogP contribution in [0.5, 0.6) is 11.5 Å². The van der Waals surface area contributed by atoms with Crippen molar-refractivity contribution in [2.24, 2.45) is 0 Å². The lowest BCUT2D eigenvalue weighted by molar-refractivity contribution is 0.281. The van der Waals surface area contributed by atoms with E-state index >= 15 is 0 Å². The molecule has 0 atom stereocenters. The monoisotopic (exact) mass is 268 g/mol. The van der Waals surface area contributed by atoms with Gasteiger partial charge >= 0.3 is 0 Å². The molecule has 0 spiro atoms. The molecule has 0 aromatic heterocycles. The lowest BCUT2D eigenvalue weighted by atomic mass is 10.1. The van der Waals surface area contributed by atoms with Crippen LogP contribution in [0, 0.1) is 5.82 Å². The van der Waals surface area contributed by atoms with Gasteiger partial charge in [-0.1, -0.05) is 36.4 Å². The zero-order valence-electron chi connectivity index (χ0n) is 10.7. The minimum atomic E-state index is -0.482. The lowest BCUT2D eigenvalue weighted by Crippen LogP contribution is -1.91. The minimum absolute atomic E-state index is 0.150. The van der Waals surface area contributed by atoms with Crippen LogP contribution >= 0.6 is 0 Å². The number of aliphatic hydroxyl groups excluding tert-OH is 1. The van der Waals surface area contributed by atoms with Gasteiger partial charge in [-0.15, -0.1) is 0 Å². The first-order valence-electron chi connectivity index (χ1n) is 6.32. The number of halogens is 1. The molecule has 3 heteroatoms. The molecule has 0 fully saturated rings. The fourth-order valence-corrected chi connectivity index (χ4v) is 2.08. The van der Waals surface area contributed by atoms with Crippen molar-refractivity contribution in [3.8, 4) is 11.5 Å². The van der Waals surface area contributed by atoms with E-state index in [9.17, 15) is 4.39 Å². The summed E-state index contributed by atoms with van der Waals surface area (Å²) in [5, 5.41) is 11.1. The summed E-state index contributed by atoms with van der Waals surface area (Å²) in [6.07, 6.45) is 0. The Labute approximate surface area is 116 Å². The van der Waals surface area contributed by atoms with Gasteiger partial charge in [0.15, 0.2) is 11.6 Å². The van der Waals surface area contributed by atoms with Crippen molar-refractivity contribution < 1.29 is 14.2 Å². The highest BCUT2D eigenvalue weighted by molar-refractivity contribution is 5.83. The topological polar surface area (TPSA) is 29.5 Å². The zero-order valence-corrected chi connectivity index (χ0v) is 10.7. The smallest absolute Gasteiger partial charge is 0.166 e. The largest absolute Gasteiger partial charge is 0.454 e. The fourth-order valence-electron chi connectivity index (χ4n) is 2.08. The molecule has 0 unspecified atom stereocenters. The zero-order chi connectivity index (χ0) is 13.9. The molecule has 2 nitrogen and oxygen atoms in total. The van der Waals surface area contributed by atoms with Crippen LogP contribution in [0.2, 0.25) is 0 Å². The van der Waals surface area contributed by atoms with Gasteiger partial charge in [-0.2, -0.15) is 0 Å². The number of fused-ring (bicyclic) bond motifs is 1. The fraction of sp³-hybridized carbons (Fsp3) is 0.0588. The molecule has 3 rings (SSSR count).